The molecule has 2 aromatic heterocycles. The van der Waals surface area contributed by atoms with Gasteiger partial charge in [-0.05, 0) is 48.9 Å². The average Bonchev–Trinajstić information content (AvgIpc) is 3.24. The monoisotopic (exact) mass is 377 g/mol. The number of nitrogens with one attached hydrogen (secondary N) is 1. The third-order valence-corrected chi connectivity index (χ3v) is 6.18. The molecule has 1 N–H and O–H groups in total. The van der Waals surface area contributed by atoms with Gasteiger partial charge in [0.25, 0.3) is 5.56 Å². The zero-order chi connectivity index (χ0) is 19.1. The third kappa shape index (κ3) is 3.06. The molecule has 2 aliphatic rings. The number of nitrogens with zero attached hydrogens (tertiary/aromatic N) is 1. The predicted octanol–water partition coefficient (Wildman–Crippen LogP) is 2.32. The van der Waals surface area contributed by atoms with E-state index in [0.717, 1.165) is 55.4 Å². The maximum Gasteiger partial charge on any atom is 0.250 e. The van der Waals surface area contributed by atoms with Gasteiger partial charge in [0.15, 0.2) is 0 Å². The number of pyridine rings is 1. The van der Waals surface area contributed by atoms with Gasteiger partial charge in [0, 0.05) is 41.3 Å². The van der Waals surface area contributed by atoms with Crippen molar-refractivity contribution in [2.75, 3.05) is 20.2 Å². The summed E-state index contributed by atoms with van der Waals surface area (Å²) >= 11 is 0. The quantitative estimate of drug-likeness (QED) is 0.759. The van der Waals surface area contributed by atoms with Gasteiger partial charge in [0.05, 0.1) is 26.5 Å². The standard InChI is InChI=1S/C23H24N2O3/c1-27-19-6-4-16(5-7-19)12-24-13-17-11-18(15-24)23-20(21-3-2-10-28-21)8-9-22(26)25(23)14-17/h2-10,17-18H,11-15H2,1H3/p+1/t17-,18+/m0/s1. The van der Waals surface area contributed by atoms with E-state index >= 15 is 0 Å². The number of likely N-dealkylation sites (tertiary alicyclic amines) is 1. The van der Waals surface area contributed by atoms with Crippen molar-refractivity contribution in [1.29, 1.82) is 0 Å². The minimum absolute atomic E-state index is 0.110. The molecule has 5 rings (SSSR count). The Bertz CT molecular complexity index is 1020. The van der Waals surface area contributed by atoms with Gasteiger partial charge in [-0.25, -0.2) is 0 Å². The highest BCUT2D eigenvalue weighted by Gasteiger charge is 2.39. The molecule has 0 spiro atoms. The van der Waals surface area contributed by atoms with Crippen LogP contribution in [0.25, 0.3) is 11.3 Å². The highest BCUT2D eigenvalue weighted by Crippen LogP contribution is 2.36. The first-order chi connectivity index (χ1) is 13.7. The van der Waals surface area contributed by atoms with E-state index in [4.69, 9.17) is 9.15 Å². The Morgan fingerprint density at radius 1 is 1.14 bits per heavy atom. The number of piperidine rings is 1. The van der Waals surface area contributed by atoms with Crippen LogP contribution in [-0.2, 0) is 13.1 Å². The Morgan fingerprint density at radius 3 is 2.75 bits per heavy atom. The number of fused-ring (bicyclic) bond motifs is 4. The van der Waals surface area contributed by atoms with Crippen molar-refractivity contribution in [3.05, 3.63) is 76.4 Å². The van der Waals surface area contributed by atoms with Crippen LogP contribution in [0.1, 0.15) is 23.6 Å². The smallest absolute Gasteiger partial charge is 0.250 e. The summed E-state index contributed by atoms with van der Waals surface area (Å²) in [5, 5.41) is 0. The van der Waals surface area contributed by atoms with Gasteiger partial charge >= 0.3 is 0 Å². The van der Waals surface area contributed by atoms with Crippen molar-refractivity contribution in [3.63, 3.8) is 0 Å². The summed E-state index contributed by atoms with van der Waals surface area (Å²) < 4.78 is 12.9. The van der Waals surface area contributed by atoms with Crippen molar-refractivity contribution in [2.45, 2.75) is 25.4 Å². The van der Waals surface area contributed by atoms with Crippen LogP contribution >= 0.6 is 0 Å². The molecule has 0 radical (unpaired) electrons. The van der Waals surface area contributed by atoms with Gasteiger partial charge in [-0.2, -0.15) is 0 Å². The highest BCUT2D eigenvalue weighted by molar-refractivity contribution is 5.61. The molecule has 3 atom stereocenters. The normalized spacial score (nSPS) is 23.2. The Balaban J connectivity index is 1.45. The Kier molecular flexibility index (Phi) is 4.32. The molecular weight excluding hydrogens is 352 g/mol. The third-order valence-electron chi connectivity index (χ3n) is 6.18. The Labute approximate surface area is 164 Å². The van der Waals surface area contributed by atoms with Crippen LogP contribution in [0.15, 0.2) is 64.0 Å². The molecule has 0 saturated carbocycles. The molecule has 1 saturated heterocycles. The van der Waals surface area contributed by atoms with Gasteiger partial charge in [0.2, 0.25) is 0 Å². The molecule has 2 bridgehead atoms. The molecule has 5 nitrogen and oxygen atoms in total. The van der Waals surface area contributed by atoms with E-state index < -0.39 is 0 Å². The first-order valence-electron chi connectivity index (χ1n) is 9.95. The van der Waals surface area contributed by atoms with Gasteiger partial charge in [-0.15, -0.1) is 0 Å². The van der Waals surface area contributed by atoms with E-state index in [2.05, 4.69) is 12.1 Å². The van der Waals surface area contributed by atoms with Crippen molar-refractivity contribution >= 4 is 0 Å². The Hall–Kier alpha value is -2.79. The lowest BCUT2D eigenvalue weighted by Crippen LogP contribution is -3.13. The zero-order valence-electron chi connectivity index (χ0n) is 16.1. The minimum atomic E-state index is 0.110. The maximum absolute atomic E-state index is 12.6. The van der Waals surface area contributed by atoms with Crippen LogP contribution in [0.2, 0.25) is 0 Å². The summed E-state index contributed by atoms with van der Waals surface area (Å²) in [7, 11) is 1.70. The fourth-order valence-corrected chi connectivity index (χ4v) is 5.05. The van der Waals surface area contributed by atoms with Crippen LogP contribution in [0.4, 0.5) is 0 Å². The first-order valence-corrected chi connectivity index (χ1v) is 9.95. The van der Waals surface area contributed by atoms with Crippen LogP contribution in [0.5, 0.6) is 5.75 Å². The van der Waals surface area contributed by atoms with Crippen molar-refractivity contribution in [1.82, 2.24) is 4.57 Å². The number of rotatable bonds is 4. The van der Waals surface area contributed by atoms with Gasteiger partial charge in [-0.1, -0.05) is 0 Å². The molecule has 0 aliphatic carbocycles. The number of quaternary nitrogens is 1. The molecule has 1 fully saturated rings. The lowest BCUT2D eigenvalue weighted by Gasteiger charge is -2.41. The van der Waals surface area contributed by atoms with E-state index in [-0.39, 0.29) is 5.56 Å². The lowest BCUT2D eigenvalue weighted by molar-refractivity contribution is -0.924. The number of benzene rings is 1. The molecule has 5 heteroatoms. The second-order valence-electron chi connectivity index (χ2n) is 8.04. The molecule has 144 valence electrons. The van der Waals surface area contributed by atoms with Gasteiger partial charge in [0.1, 0.15) is 18.1 Å². The minimum Gasteiger partial charge on any atom is -0.497 e. The van der Waals surface area contributed by atoms with E-state index in [9.17, 15) is 4.79 Å². The van der Waals surface area contributed by atoms with Crippen molar-refractivity contribution < 1.29 is 14.1 Å². The average molecular weight is 377 g/mol. The SMILES string of the molecule is COc1ccc(C[NH+]2C[C@@H]3C[C@H](C2)c2c(-c4ccco4)ccc(=O)n2C3)cc1. The molecular formula is C23H25N2O3+. The molecule has 0 amide bonds. The molecule has 1 unspecified atom stereocenters. The summed E-state index contributed by atoms with van der Waals surface area (Å²) in [6.07, 6.45) is 2.86. The van der Waals surface area contributed by atoms with Crippen LogP contribution in [-0.4, -0.2) is 24.8 Å². The van der Waals surface area contributed by atoms with Crippen molar-refractivity contribution in [2.24, 2.45) is 5.92 Å². The molecule has 1 aromatic carbocycles. The number of ether oxygens (including phenoxy) is 1. The number of furan rings is 1. The van der Waals surface area contributed by atoms with E-state index in [1.165, 1.54) is 5.56 Å². The second-order valence-corrected chi connectivity index (χ2v) is 8.04. The van der Waals surface area contributed by atoms with Gasteiger partial charge < -0.3 is 18.6 Å². The first kappa shape index (κ1) is 17.3. The number of methoxy groups -OCH3 is 1. The Morgan fingerprint density at radius 2 is 2.00 bits per heavy atom. The van der Waals surface area contributed by atoms with E-state index in [1.807, 2.05) is 34.9 Å². The largest absolute Gasteiger partial charge is 0.497 e. The number of hydrogen-bond donors (Lipinski definition) is 1. The van der Waals surface area contributed by atoms with Crippen LogP contribution in [0.3, 0.4) is 0 Å². The molecule has 2 aliphatic heterocycles. The summed E-state index contributed by atoms with van der Waals surface area (Å²) in [5.41, 5.74) is 3.66. The number of hydrogen-bond acceptors (Lipinski definition) is 3. The van der Waals surface area contributed by atoms with Crippen molar-refractivity contribution in [3.8, 4) is 17.1 Å². The molecule has 4 heterocycles. The zero-order valence-corrected chi connectivity index (χ0v) is 16.1. The van der Waals surface area contributed by atoms with E-state index in [0.29, 0.717) is 11.8 Å². The fourth-order valence-electron chi connectivity index (χ4n) is 5.05. The summed E-state index contributed by atoms with van der Waals surface area (Å²) in [4.78, 5) is 14.1. The molecule has 28 heavy (non-hydrogen) atoms. The van der Waals surface area contributed by atoms with E-state index in [1.54, 1.807) is 24.3 Å². The lowest BCUT2D eigenvalue weighted by atomic mass is 9.81. The fraction of sp³-hybridized carbons (Fsp3) is 0.348. The predicted molar refractivity (Wildman–Crippen MR) is 107 cm³/mol. The summed E-state index contributed by atoms with van der Waals surface area (Å²) in [6.45, 7) is 3.97. The number of aromatic nitrogens is 1. The van der Waals surface area contributed by atoms with Crippen LogP contribution < -0.4 is 15.2 Å². The van der Waals surface area contributed by atoms with Crippen LogP contribution in [0, 0.1) is 5.92 Å². The topological polar surface area (TPSA) is 48.8 Å². The molecule has 3 aromatic rings. The highest BCUT2D eigenvalue weighted by atomic mass is 16.5. The summed E-state index contributed by atoms with van der Waals surface area (Å²) in [5.74, 6) is 2.67. The maximum atomic E-state index is 12.6. The second kappa shape index (κ2) is 6.99. The summed E-state index contributed by atoms with van der Waals surface area (Å²) in [6, 6.07) is 15.9. The van der Waals surface area contributed by atoms with Gasteiger partial charge in [-0.3, -0.25) is 4.79 Å².